The van der Waals surface area contributed by atoms with Gasteiger partial charge in [0.05, 0.1) is 0 Å². The Balaban J connectivity index is 2.37. The first kappa shape index (κ1) is 12.3. The lowest BCUT2D eigenvalue weighted by Gasteiger charge is -2.02. The largest absolute Gasteiger partial charge is 0.351 e. The van der Waals surface area contributed by atoms with Crippen molar-refractivity contribution in [3.8, 4) is 0 Å². The Hall–Kier alpha value is -0.810. The molecule has 0 aliphatic rings. The topological polar surface area (TPSA) is 54.9 Å². The number of rotatable bonds is 5. The number of carbonyl (C=O) groups excluding carboxylic acids is 1. The quantitative estimate of drug-likeness (QED) is 0.801. The zero-order chi connectivity index (χ0) is 11.1. The molecule has 1 heterocycles. The molecule has 0 fully saturated rings. The van der Waals surface area contributed by atoms with E-state index < -0.39 is 0 Å². The van der Waals surface area contributed by atoms with Crippen molar-refractivity contribution in [1.82, 2.24) is 15.5 Å². The molecule has 0 aliphatic carbocycles. The Bertz CT molecular complexity index is 318. The Labute approximate surface area is 97.8 Å². The molecule has 1 aromatic rings. The van der Waals surface area contributed by atoms with E-state index in [2.05, 4.69) is 15.5 Å². The van der Waals surface area contributed by atoms with Gasteiger partial charge in [0.2, 0.25) is 0 Å². The molecule has 15 heavy (non-hydrogen) atoms. The fourth-order valence-corrected chi connectivity index (χ4v) is 1.48. The average Bonchev–Trinajstić information content (AvgIpc) is 2.25. The third-order valence-corrected chi connectivity index (χ3v) is 2.57. The number of hydrogen-bond acceptors (Lipinski definition) is 4. The van der Waals surface area contributed by atoms with Crippen LogP contribution in [0, 0.1) is 0 Å². The van der Waals surface area contributed by atoms with Crippen LogP contribution < -0.4 is 5.32 Å². The van der Waals surface area contributed by atoms with E-state index in [-0.39, 0.29) is 11.1 Å². The number of nitrogens with one attached hydrogen (secondary N) is 1. The Morgan fingerprint density at radius 3 is 2.93 bits per heavy atom. The molecule has 82 valence electrons. The first-order valence-electron chi connectivity index (χ1n) is 4.50. The van der Waals surface area contributed by atoms with E-state index in [0.29, 0.717) is 12.2 Å². The normalized spacial score (nSPS) is 10.0. The van der Waals surface area contributed by atoms with Crippen LogP contribution in [0.1, 0.15) is 16.9 Å². The lowest BCUT2D eigenvalue weighted by Crippen LogP contribution is -2.25. The van der Waals surface area contributed by atoms with Gasteiger partial charge in [-0.05, 0) is 30.6 Å². The summed E-state index contributed by atoms with van der Waals surface area (Å²) in [6.45, 7) is 0.657. The maximum atomic E-state index is 11.5. The maximum absolute atomic E-state index is 11.5. The summed E-state index contributed by atoms with van der Waals surface area (Å²) in [4.78, 5) is 11.5. The minimum Gasteiger partial charge on any atom is -0.351 e. The molecular formula is C9H12ClN3OS. The molecular weight excluding hydrogens is 234 g/mol. The Morgan fingerprint density at radius 2 is 2.33 bits per heavy atom. The van der Waals surface area contributed by atoms with Gasteiger partial charge in [0.1, 0.15) is 0 Å². The highest BCUT2D eigenvalue weighted by Crippen LogP contribution is 2.02. The second kappa shape index (κ2) is 6.63. The van der Waals surface area contributed by atoms with Crippen molar-refractivity contribution in [2.75, 3.05) is 18.6 Å². The molecule has 0 unspecified atom stereocenters. The van der Waals surface area contributed by atoms with Gasteiger partial charge in [0.25, 0.3) is 5.91 Å². The highest BCUT2D eigenvalue weighted by molar-refractivity contribution is 7.98. The van der Waals surface area contributed by atoms with Crippen LogP contribution in [0.3, 0.4) is 0 Å². The van der Waals surface area contributed by atoms with Gasteiger partial charge in [-0.1, -0.05) is 11.6 Å². The first-order chi connectivity index (χ1) is 7.24. The number of nitrogens with zero attached hydrogens (tertiary/aromatic N) is 2. The van der Waals surface area contributed by atoms with E-state index in [9.17, 15) is 4.79 Å². The zero-order valence-corrected chi connectivity index (χ0v) is 9.94. The van der Waals surface area contributed by atoms with Gasteiger partial charge in [-0.15, -0.1) is 10.2 Å². The Kier molecular flexibility index (Phi) is 5.42. The molecule has 0 bridgehead atoms. The molecule has 0 saturated heterocycles. The number of halogens is 1. The van der Waals surface area contributed by atoms with Crippen LogP contribution in [0.5, 0.6) is 0 Å². The van der Waals surface area contributed by atoms with Crippen LogP contribution in [0.4, 0.5) is 0 Å². The fourth-order valence-electron chi connectivity index (χ4n) is 0.946. The van der Waals surface area contributed by atoms with Crippen LogP contribution in [-0.4, -0.2) is 34.7 Å². The summed E-state index contributed by atoms with van der Waals surface area (Å²) in [6, 6.07) is 3.10. The smallest absolute Gasteiger partial charge is 0.271 e. The molecule has 4 nitrogen and oxygen atoms in total. The van der Waals surface area contributed by atoms with E-state index in [1.165, 1.54) is 0 Å². The molecule has 1 amide bonds. The van der Waals surface area contributed by atoms with Crippen molar-refractivity contribution in [3.63, 3.8) is 0 Å². The van der Waals surface area contributed by atoms with Gasteiger partial charge in [0, 0.05) is 6.54 Å². The lowest BCUT2D eigenvalue weighted by atomic mass is 10.3. The van der Waals surface area contributed by atoms with Crippen molar-refractivity contribution in [3.05, 3.63) is 23.0 Å². The third-order valence-electron chi connectivity index (χ3n) is 1.68. The number of thioether (sulfide) groups is 1. The van der Waals surface area contributed by atoms with Crippen molar-refractivity contribution in [2.45, 2.75) is 6.42 Å². The second-order valence-corrected chi connectivity index (χ2v) is 4.22. The number of amides is 1. The van der Waals surface area contributed by atoms with Gasteiger partial charge in [-0.2, -0.15) is 11.8 Å². The molecule has 1 N–H and O–H groups in total. The summed E-state index contributed by atoms with van der Waals surface area (Å²) in [6.07, 6.45) is 2.99. The van der Waals surface area contributed by atoms with Gasteiger partial charge >= 0.3 is 0 Å². The predicted octanol–water partition coefficient (Wildman–Crippen LogP) is 1.61. The summed E-state index contributed by atoms with van der Waals surface area (Å²) in [7, 11) is 0. The van der Waals surface area contributed by atoms with Crippen molar-refractivity contribution in [2.24, 2.45) is 0 Å². The SMILES string of the molecule is CSCCCNC(=O)c1ccc(Cl)nn1. The van der Waals surface area contributed by atoms with Gasteiger partial charge in [-0.3, -0.25) is 4.79 Å². The molecule has 1 rings (SSSR count). The minimum absolute atomic E-state index is 0.208. The van der Waals surface area contributed by atoms with Crippen LogP contribution in [0.15, 0.2) is 12.1 Å². The van der Waals surface area contributed by atoms with E-state index >= 15 is 0 Å². The van der Waals surface area contributed by atoms with Crippen LogP contribution in [-0.2, 0) is 0 Å². The van der Waals surface area contributed by atoms with Crippen LogP contribution >= 0.6 is 23.4 Å². The van der Waals surface area contributed by atoms with E-state index in [1.54, 1.807) is 23.9 Å². The molecule has 0 saturated carbocycles. The third kappa shape index (κ3) is 4.48. The fraction of sp³-hybridized carbons (Fsp3) is 0.444. The maximum Gasteiger partial charge on any atom is 0.271 e. The molecule has 0 radical (unpaired) electrons. The van der Waals surface area contributed by atoms with E-state index in [4.69, 9.17) is 11.6 Å². The summed E-state index contributed by atoms with van der Waals surface area (Å²) < 4.78 is 0. The number of carbonyl (C=O) groups is 1. The van der Waals surface area contributed by atoms with Crippen LogP contribution in [0.2, 0.25) is 5.15 Å². The highest BCUT2D eigenvalue weighted by Gasteiger charge is 2.06. The zero-order valence-electron chi connectivity index (χ0n) is 8.36. The summed E-state index contributed by atoms with van der Waals surface area (Å²) in [5.41, 5.74) is 0.295. The predicted molar refractivity (Wildman–Crippen MR) is 62.4 cm³/mol. The molecule has 6 heteroatoms. The molecule has 0 spiro atoms. The molecule has 0 aliphatic heterocycles. The summed E-state index contributed by atoms with van der Waals surface area (Å²) in [5, 5.41) is 10.3. The highest BCUT2D eigenvalue weighted by atomic mass is 35.5. The van der Waals surface area contributed by atoms with Crippen molar-refractivity contribution >= 4 is 29.3 Å². The number of aromatic nitrogens is 2. The first-order valence-corrected chi connectivity index (χ1v) is 6.27. The molecule has 1 aromatic heterocycles. The van der Waals surface area contributed by atoms with Crippen LogP contribution in [0.25, 0.3) is 0 Å². The summed E-state index contributed by atoms with van der Waals surface area (Å²) in [5.74, 6) is 0.826. The van der Waals surface area contributed by atoms with Gasteiger partial charge in [-0.25, -0.2) is 0 Å². The standard InChI is InChI=1S/C9H12ClN3OS/c1-15-6-2-5-11-9(14)7-3-4-8(10)13-12-7/h3-4H,2,5-6H2,1H3,(H,11,14). The van der Waals surface area contributed by atoms with E-state index in [1.807, 2.05) is 6.26 Å². The molecule has 0 atom stereocenters. The second-order valence-electron chi connectivity index (χ2n) is 2.84. The average molecular weight is 246 g/mol. The Morgan fingerprint density at radius 1 is 1.53 bits per heavy atom. The van der Waals surface area contributed by atoms with Crippen molar-refractivity contribution in [1.29, 1.82) is 0 Å². The minimum atomic E-state index is -0.208. The van der Waals surface area contributed by atoms with E-state index in [0.717, 1.165) is 12.2 Å². The van der Waals surface area contributed by atoms with Gasteiger partial charge < -0.3 is 5.32 Å². The van der Waals surface area contributed by atoms with Crippen molar-refractivity contribution < 1.29 is 4.79 Å². The number of hydrogen-bond donors (Lipinski definition) is 1. The monoisotopic (exact) mass is 245 g/mol. The lowest BCUT2D eigenvalue weighted by molar-refractivity contribution is 0.0948. The summed E-state index contributed by atoms with van der Waals surface area (Å²) >= 11 is 7.31. The molecule has 0 aromatic carbocycles. The van der Waals surface area contributed by atoms with Gasteiger partial charge in [0.15, 0.2) is 10.8 Å².